The molecule has 0 spiro atoms. The predicted molar refractivity (Wildman–Crippen MR) is 118 cm³/mol. The normalized spacial score (nSPS) is 24.3. The van der Waals surface area contributed by atoms with Gasteiger partial charge in [0.05, 0.1) is 0 Å². The van der Waals surface area contributed by atoms with Crippen LogP contribution in [0.4, 0.5) is 0 Å². The molecular weight excluding hydrogens is 375 g/mol. The highest BCUT2D eigenvalue weighted by molar-refractivity contribution is 7.26. The van der Waals surface area contributed by atoms with Gasteiger partial charge in [0.25, 0.3) is 9.03 Å². The number of allylic oxidation sites excluding steroid dienone is 2. The van der Waals surface area contributed by atoms with Crippen molar-refractivity contribution in [2.75, 3.05) is 0 Å². The molecule has 0 aromatic heterocycles. The molecule has 0 bridgehead atoms. The number of hydrogen-bond acceptors (Lipinski definition) is 2. The first-order valence-electron chi connectivity index (χ1n) is 9.65. The molecule has 0 amide bonds. The lowest BCUT2D eigenvalue weighted by Gasteiger charge is -2.38. The van der Waals surface area contributed by atoms with E-state index in [0.29, 0.717) is 0 Å². The second kappa shape index (κ2) is 6.82. The van der Waals surface area contributed by atoms with Crippen LogP contribution < -0.4 is 4.52 Å². The Hall–Kier alpha value is -0.980. The Morgan fingerprint density at radius 2 is 1.67 bits per heavy atom. The number of fused-ring (bicyclic) bond motifs is 2. The van der Waals surface area contributed by atoms with E-state index in [0.717, 1.165) is 29.9 Å². The molecule has 1 aliphatic carbocycles. The summed E-state index contributed by atoms with van der Waals surface area (Å²) in [5.41, 5.74) is 6.06. The second-order valence-corrected chi connectivity index (χ2v) is 11.7. The minimum atomic E-state index is -0.290. The van der Waals surface area contributed by atoms with Crippen molar-refractivity contribution >= 4 is 26.7 Å². The Kier molecular flexibility index (Phi) is 5.24. The van der Waals surface area contributed by atoms with E-state index in [9.17, 15) is 0 Å². The Balaban J connectivity index is 2.26. The molecule has 1 aliphatic heterocycles. The van der Waals surface area contributed by atoms with E-state index in [1.54, 1.807) is 0 Å². The molecule has 148 valence electrons. The molecule has 2 unspecified atom stereocenters. The summed E-state index contributed by atoms with van der Waals surface area (Å²) in [6.07, 6.45) is 3.87. The van der Waals surface area contributed by atoms with Gasteiger partial charge in [-0.1, -0.05) is 47.6 Å². The molecule has 1 heterocycles. The molecule has 2 atom stereocenters. The van der Waals surface area contributed by atoms with Crippen LogP contribution in [0.3, 0.4) is 0 Å². The van der Waals surface area contributed by atoms with Crippen molar-refractivity contribution in [3.05, 3.63) is 45.7 Å². The summed E-state index contributed by atoms with van der Waals surface area (Å²) in [5, 5.41) is 0. The molecule has 0 radical (unpaired) electrons. The van der Waals surface area contributed by atoms with E-state index in [1.165, 1.54) is 22.3 Å². The third kappa shape index (κ3) is 4.38. The third-order valence-electron chi connectivity index (χ3n) is 5.26. The van der Waals surface area contributed by atoms with Crippen molar-refractivity contribution in [1.29, 1.82) is 0 Å². The van der Waals surface area contributed by atoms with Crippen LogP contribution in [0.25, 0.3) is 6.08 Å². The van der Waals surface area contributed by atoms with Gasteiger partial charge in [0.1, 0.15) is 11.5 Å². The SMILES string of the molecule is Cc1cc2c(c(C(C)(C)C)c1)OPOC1=C(C(C)(C)C)CC(C)(Cl)CC1=C2. The van der Waals surface area contributed by atoms with E-state index in [1.807, 2.05) is 0 Å². The number of hydrogen-bond donors (Lipinski definition) is 0. The number of alkyl halides is 1. The van der Waals surface area contributed by atoms with Gasteiger partial charge >= 0.3 is 0 Å². The van der Waals surface area contributed by atoms with Gasteiger partial charge in [0, 0.05) is 16.0 Å². The van der Waals surface area contributed by atoms with Crippen LogP contribution in [0.1, 0.15) is 78.0 Å². The first-order valence-corrected chi connectivity index (χ1v) is 10.8. The summed E-state index contributed by atoms with van der Waals surface area (Å²) >= 11 is 6.89. The number of halogens is 1. The summed E-state index contributed by atoms with van der Waals surface area (Å²) in [5.74, 6) is 1.93. The van der Waals surface area contributed by atoms with Gasteiger partial charge in [0.15, 0.2) is 0 Å². The molecule has 27 heavy (non-hydrogen) atoms. The number of benzene rings is 1. The third-order valence-corrected chi connectivity index (χ3v) is 6.10. The summed E-state index contributed by atoms with van der Waals surface area (Å²) in [7, 11) is -0.0552. The maximum Gasteiger partial charge on any atom is 0.275 e. The molecule has 2 nitrogen and oxygen atoms in total. The molecule has 4 heteroatoms. The first-order chi connectivity index (χ1) is 12.3. The highest BCUT2D eigenvalue weighted by Gasteiger charge is 2.38. The Bertz CT molecular complexity index is 820. The zero-order valence-electron chi connectivity index (χ0n) is 17.8. The minimum Gasteiger partial charge on any atom is -0.440 e. The van der Waals surface area contributed by atoms with Gasteiger partial charge in [0.2, 0.25) is 0 Å². The molecule has 0 N–H and O–H groups in total. The van der Waals surface area contributed by atoms with Gasteiger partial charge in [-0.25, -0.2) is 0 Å². The monoisotopic (exact) mass is 406 g/mol. The highest BCUT2D eigenvalue weighted by atomic mass is 35.5. The van der Waals surface area contributed by atoms with Gasteiger partial charge in [-0.15, -0.1) is 11.6 Å². The van der Waals surface area contributed by atoms with Crippen LogP contribution in [-0.2, 0) is 9.94 Å². The average Bonchev–Trinajstić information content (AvgIpc) is 2.45. The van der Waals surface area contributed by atoms with Gasteiger partial charge in [-0.3, -0.25) is 0 Å². The highest BCUT2D eigenvalue weighted by Crippen LogP contribution is 2.51. The largest absolute Gasteiger partial charge is 0.440 e. The van der Waals surface area contributed by atoms with Crippen LogP contribution in [-0.4, -0.2) is 4.87 Å². The molecule has 3 rings (SSSR count). The fourth-order valence-electron chi connectivity index (χ4n) is 3.90. The number of aryl methyl sites for hydroxylation is 1. The van der Waals surface area contributed by atoms with Gasteiger partial charge < -0.3 is 9.05 Å². The Labute approximate surface area is 171 Å². The fourth-order valence-corrected chi connectivity index (χ4v) is 4.87. The molecule has 0 fully saturated rings. The fraction of sp³-hybridized carbons (Fsp3) is 0.565. The van der Waals surface area contributed by atoms with E-state index in [4.69, 9.17) is 20.6 Å². The molecule has 0 saturated heterocycles. The number of rotatable bonds is 0. The zero-order chi connectivity index (χ0) is 20.2. The standard InChI is InChI=1S/C23H32ClO2P/c1-14-9-15-11-16-12-23(8,24)13-18(22(5,6)7)20(16)26-27-25-19(15)17(10-14)21(2,3)4/h9-11,27H,12-13H2,1-8H3. The zero-order valence-corrected chi connectivity index (χ0v) is 19.6. The quantitative estimate of drug-likeness (QED) is 0.325. The summed E-state index contributed by atoms with van der Waals surface area (Å²) in [6.45, 7) is 17.6. The minimum absolute atomic E-state index is 0.000670. The second-order valence-electron chi connectivity index (χ2n) is 10.3. The van der Waals surface area contributed by atoms with Crippen LogP contribution in [0.15, 0.2) is 29.0 Å². The van der Waals surface area contributed by atoms with Crippen molar-refractivity contribution in [1.82, 2.24) is 0 Å². The lowest BCUT2D eigenvalue weighted by Crippen LogP contribution is -2.29. The summed E-state index contributed by atoms with van der Waals surface area (Å²) < 4.78 is 12.4. The van der Waals surface area contributed by atoms with E-state index in [-0.39, 0.29) is 24.7 Å². The van der Waals surface area contributed by atoms with E-state index in [2.05, 4.69) is 73.6 Å². The molecule has 0 saturated carbocycles. The van der Waals surface area contributed by atoms with E-state index >= 15 is 0 Å². The lowest BCUT2D eigenvalue weighted by molar-refractivity contribution is 0.355. The average molecular weight is 407 g/mol. The van der Waals surface area contributed by atoms with Gasteiger partial charge in [-0.2, -0.15) is 0 Å². The summed E-state index contributed by atoms with van der Waals surface area (Å²) in [6, 6.07) is 4.44. The molecule has 2 aliphatic rings. The smallest absolute Gasteiger partial charge is 0.275 e. The van der Waals surface area contributed by atoms with Crippen molar-refractivity contribution < 1.29 is 9.05 Å². The van der Waals surface area contributed by atoms with E-state index < -0.39 is 0 Å². The van der Waals surface area contributed by atoms with Crippen molar-refractivity contribution in [2.24, 2.45) is 5.41 Å². The summed E-state index contributed by atoms with van der Waals surface area (Å²) in [4.78, 5) is -0.290. The molecular formula is C23H32ClO2P. The molecule has 1 aromatic carbocycles. The van der Waals surface area contributed by atoms with Crippen LogP contribution in [0.5, 0.6) is 5.75 Å². The Morgan fingerprint density at radius 1 is 1.00 bits per heavy atom. The van der Waals surface area contributed by atoms with Crippen LogP contribution in [0.2, 0.25) is 0 Å². The first kappa shape index (κ1) is 20.7. The lowest BCUT2D eigenvalue weighted by atomic mass is 9.73. The topological polar surface area (TPSA) is 18.5 Å². The molecule has 1 aromatic rings. The Morgan fingerprint density at radius 3 is 2.26 bits per heavy atom. The maximum absolute atomic E-state index is 6.89. The van der Waals surface area contributed by atoms with Crippen LogP contribution >= 0.6 is 20.6 Å². The van der Waals surface area contributed by atoms with Gasteiger partial charge in [-0.05, 0) is 66.4 Å². The van der Waals surface area contributed by atoms with Crippen LogP contribution in [0, 0.1) is 12.3 Å². The van der Waals surface area contributed by atoms with Crippen molar-refractivity contribution in [3.8, 4) is 5.75 Å². The van der Waals surface area contributed by atoms with Crippen molar-refractivity contribution in [3.63, 3.8) is 0 Å². The predicted octanol–water partition coefficient (Wildman–Crippen LogP) is 7.68. The van der Waals surface area contributed by atoms with Crippen molar-refractivity contribution in [2.45, 2.75) is 78.5 Å². The maximum atomic E-state index is 6.89.